The standard InChI is InChI=1S/C26H22FN5O4/c27-19-11-9-18(10-12-19)25(26(34)28-15-20-5-3-13-35-20)31(16-21-6-4-14-36-21)24(33)17-32-23-8-2-1-7-22(23)29-30-32/h1-14,25H,15-17H2,(H,28,34). The molecule has 0 fully saturated rings. The van der Waals surface area contributed by atoms with Gasteiger partial charge in [0.1, 0.15) is 35.4 Å². The van der Waals surface area contributed by atoms with Gasteiger partial charge in [-0.25, -0.2) is 9.07 Å². The zero-order valence-electron chi connectivity index (χ0n) is 19.1. The van der Waals surface area contributed by atoms with Crippen LogP contribution >= 0.6 is 0 Å². The maximum atomic E-state index is 13.7. The van der Waals surface area contributed by atoms with Crippen molar-refractivity contribution in [2.75, 3.05) is 0 Å². The molecule has 5 aromatic rings. The summed E-state index contributed by atoms with van der Waals surface area (Å²) >= 11 is 0. The lowest BCUT2D eigenvalue weighted by atomic mass is 10.0. The Morgan fingerprint density at radius 3 is 2.39 bits per heavy atom. The van der Waals surface area contributed by atoms with Crippen molar-refractivity contribution in [1.82, 2.24) is 25.2 Å². The summed E-state index contributed by atoms with van der Waals surface area (Å²) in [6, 6.07) is 18.5. The third-order valence-corrected chi connectivity index (χ3v) is 5.69. The number of nitrogens with zero attached hydrogens (tertiary/aromatic N) is 4. The Kier molecular flexibility index (Phi) is 6.57. The summed E-state index contributed by atoms with van der Waals surface area (Å²) in [7, 11) is 0. The van der Waals surface area contributed by atoms with Crippen molar-refractivity contribution in [3.05, 3.63) is 108 Å². The van der Waals surface area contributed by atoms with Crippen LogP contribution in [0.5, 0.6) is 0 Å². The molecule has 9 nitrogen and oxygen atoms in total. The summed E-state index contributed by atoms with van der Waals surface area (Å²) in [4.78, 5) is 28.6. The monoisotopic (exact) mass is 487 g/mol. The molecule has 1 unspecified atom stereocenters. The van der Waals surface area contributed by atoms with Gasteiger partial charge in [0.25, 0.3) is 0 Å². The first-order valence-corrected chi connectivity index (χ1v) is 11.2. The Labute approximate surface area is 205 Å². The lowest BCUT2D eigenvalue weighted by Crippen LogP contribution is -2.44. The first-order chi connectivity index (χ1) is 17.6. The molecule has 1 atom stereocenters. The van der Waals surface area contributed by atoms with E-state index in [-0.39, 0.29) is 19.6 Å². The van der Waals surface area contributed by atoms with Crippen molar-refractivity contribution >= 4 is 22.8 Å². The van der Waals surface area contributed by atoms with Crippen molar-refractivity contribution in [2.45, 2.75) is 25.7 Å². The Morgan fingerprint density at radius 2 is 1.67 bits per heavy atom. The third-order valence-electron chi connectivity index (χ3n) is 5.69. The molecule has 1 N–H and O–H groups in total. The van der Waals surface area contributed by atoms with E-state index in [4.69, 9.17) is 8.83 Å². The Balaban J connectivity index is 1.49. The molecule has 2 aromatic carbocycles. The van der Waals surface area contributed by atoms with Gasteiger partial charge < -0.3 is 19.1 Å². The van der Waals surface area contributed by atoms with E-state index in [0.29, 0.717) is 28.1 Å². The van der Waals surface area contributed by atoms with Gasteiger partial charge in [0.05, 0.1) is 31.1 Å². The smallest absolute Gasteiger partial charge is 0.247 e. The predicted molar refractivity (Wildman–Crippen MR) is 126 cm³/mol. The molecule has 36 heavy (non-hydrogen) atoms. The van der Waals surface area contributed by atoms with Gasteiger partial charge in [0.2, 0.25) is 11.8 Å². The van der Waals surface area contributed by atoms with Gasteiger partial charge in [-0.3, -0.25) is 9.59 Å². The number of amides is 2. The lowest BCUT2D eigenvalue weighted by Gasteiger charge is -2.30. The van der Waals surface area contributed by atoms with E-state index < -0.39 is 23.7 Å². The highest BCUT2D eigenvalue weighted by molar-refractivity contribution is 5.89. The number of carbonyl (C=O) groups is 2. The van der Waals surface area contributed by atoms with Crippen LogP contribution in [0.15, 0.2) is 94.2 Å². The van der Waals surface area contributed by atoms with Crippen LogP contribution in [0.2, 0.25) is 0 Å². The molecule has 3 aromatic heterocycles. The van der Waals surface area contributed by atoms with E-state index in [9.17, 15) is 14.0 Å². The summed E-state index contributed by atoms with van der Waals surface area (Å²) < 4.78 is 26.0. The summed E-state index contributed by atoms with van der Waals surface area (Å²) in [5, 5.41) is 11.0. The molecule has 10 heteroatoms. The first kappa shape index (κ1) is 23.0. The second-order valence-corrected chi connectivity index (χ2v) is 8.09. The minimum atomic E-state index is -1.08. The lowest BCUT2D eigenvalue weighted by molar-refractivity contribution is -0.142. The molecule has 0 saturated carbocycles. The fourth-order valence-electron chi connectivity index (χ4n) is 3.95. The zero-order chi connectivity index (χ0) is 24.9. The van der Waals surface area contributed by atoms with Gasteiger partial charge >= 0.3 is 0 Å². The van der Waals surface area contributed by atoms with E-state index in [1.54, 1.807) is 30.3 Å². The number of furan rings is 2. The van der Waals surface area contributed by atoms with Gasteiger partial charge in [-0.15, -0.1) is 5.10 Å². The van der Waals surface area contributed by atoms with Gasteiger partial charge in [-0.05, 0) is 54.1 Å². The highest BCUT2D eigenvalue weighted by Gasteiger charge is 2.33. The molecular weight excluding hydrogens is 465 g/mol. The van der Waals surface area contributed by atoms with Crippen LogP contribution in [0.3, 0.4) is 0 Å². The highest BCUT2D eigenvalue weighted by atomic mass is 19.1. The molecule has 0 bridgehead atoms. The van der Waals surface area contributed by atoms with Crippen molar-refractivity contribution in [1.29, 1.82) is 0 Å². The molecule has 5 rings (SSSR count). The summed E-state index contributed by atoms with van der Waals surface area (Å²) in [5.74, 6) is -0.269. The van der Waals surface area contributed by atoms with Crippen LogP contribution in [0.1, 0.15) is 23.1 Å². The highest BCUT2D eigenvalue weighted by Crippen LogP contribution is 2.25. The van der Waals surface area contributed by atoms with Crippen molar-refractivity contribution in [3.63, 3.8) is 0 Å². The maximum Gasteiger partial charge on any atom is 0.247 e. The average Bonchev–Trinajstić information content (AvgIpc) is 3.67. The molecular formula is C26H22FN5O4. The number of aromatic nitrogens is 3. The number of hydrogen-bond acceptors (Lipinski definition) is 6. The Bertz CT molecular complexity index is 1450. The first-order valence-electron chi connectivity index (χ1n) is 11.2. The molecule has 182 valence electrons. The van der Waals surface area contributed by atoms with Crippen molar-refractivity contribution < 1.29 is 22.8 Å². The molecule has 0 aliphatic carbocycles. The van der Waals surface area contributed by atoms with Gasteiger partial charge in [0.15, 0.2) is 0 Å². The number of fused-ring (bicyclic) bond motifs is 1. The van der Waals surface area contributed by atoms with Crippen LogP contribution in [-0.4, -0.2) is 31.7 Å². The fraction of sp³-hybridized carbons (Fsp3) is 0.154. The Hall–Kier alpha value is -4.73. The largest absolute Gasteiger partial charge is 0.467 e. The topological polar surface area (TPSA) is 106 Å². The number of carbonyl (C=O) groups excluding carboxylic acids is 2. The second kappa shape index (κ2) is 10.3. The molecule has 0 aliphatic heterocycles. The number of halogens is 1. The fourth-order valence-corrected chi connectivity index (χ4v) is 3.95. The van der Waals surface area contributed by atoms with Crippen LogP contribution in [-0.2, 0) is 29.2 Å². The molecule has 0 spiro atoms. The Morgan fingerprint density at radius 1 is 0.944 bits per heavy atom. The van der Waals surface area contributed by atoms with Crippen LogP contribution in [0.4, 0.5) is 4.39 Å². The number of benzene rings is 2. The van der Waals surface area contributed by atoms with Crippen LogP contribution in [0.25, 0.3) is 11.0 Å². The molecule has 3 heterocycles. The number of rotatable bonds is 9. The van der Waals surface area contributed by atoms with E-state index in [2.05, 4.69) is 15.6 Å². The quantitative estimate of drug-likeness (QED) is 0.339. The number of hydrogen-bond donors (Lipinski definition) is 1. The summed E-state index contributed by atoms with van der Waals surface area (Å²) in [6.07, 6.45) is 3.00. The van der Waals surface area contributed by atoms with Gasteiger partial charge in [-0.2, -0.15) is 0 Å². The zero-order valence-corrected chi connectivity index (χ0v) is 19.1. The van der Waals surface area contributed by atoms with Crippen LogP contribution in [0, 0.1) is 5.82 Å². The van der Waals surface area contributed by atoms with E-state index >= 15 is 0 Å². The molecule has 0 radical (unpaired) electrons. The number of para-hydroxylation sites is 1. The summed E-state index contributed by atoms with van der Waals surface area (Å²) in [5.41, 5.74) is 1.77. The summed E-state index contributed by atoms with van der Waals surface area (Å²) in [6.45, 7) is -0.0287. The molecule has 0 saturated heterocycles. The third kappa shape index (κ3) is 5.02. The normalized spacial score (nSPS) is 11.9. The average molecular weight is 487 g/mol. The van der Waals surface area contributed by atoms with Crippen molar-refractivity contribution in [2.24, 2.45) is 0 Å². The SMILES string of the molecule is O=C(NCc1ccco1)C(c1ccc(F)cc1)N(Cc1ccco1)C(=O)Cn1nnc2ccccc21. The molecule has 0 aliphatic rings. The van der Waals surface area contributed by atoms with Gasteiger partial charge in [-0.1, -0.05) is 29.5 Å². The second-order valence-electron chi connectivity index (χ2n) is 8.09. The minimum Gasteiger partial charge on any atom is -0.467 e. The van der Waals surface area contributed by atoms with E-state index in [1.807, 2.05) is 18.2 Å². The minimum absolute atomic E-state index is 0.00861. The number of nitrogens with one attached hydrogen (secondary N) is 1. The van der Waals surface area contributed by atoms with E-state index in [1.165, 1.54) is 46.4 Å². The molecule has 2 amide bonds. The van der Waals surface area contributed by atoms with Crippen molar-refractivity contribution in [3.8, 4) is 0 Å². The predicted octanol–water partition coefficient (Wildman–Crippen LogP) is 3.84. The van der Waals surface area contributed by atoms with Gasteiger partial charge in [0, 0.05) is 0 Å². The van der Waals surface area contributed by atoms with Crippen LogP contribution < -0.4 is 5.32 Å². The van der Waals surface area contributed by atoms with E-state index in [0.717, 1.165) is 0 Å². The maximum absolute atomic E-state index is 13.7.